The third kappa shape index (κ3) is 3.07. The van der Waals surface area contributed by atoms with Crippen molar-refractivity contribution in [1.29, 1.82) is 0 Å². The van der Waals surface area contributed by atoms with Gasteiger partial charge in [0.2, 0.25) is 0 Å². The van der Waals surface area contributed by atoms with E-state index in [1.54, 1.807) is 0 Å². The van der Waals surface area contributed by atoms with Crippen molar-refractivity contribution in [3.63, 3.8) is 0 Å². The van der Waals surface area contributed by atoms with Gasteiger partial charge in [0.1, 0.15) is 18.0 Å². The first-order valence-corrected chi connectivity index (χ1v) is 5.73. The number of alkyl halides is 4. The topological polar surface area (TPSA) is 26.3 Å². The molecule has 1 atom stereocenters. The molecule has 2 nitrogen and oxygen atoms in total. The first-order valence-electron chi connectivity index (χ1n) is 5.73. The van der Waals surface area contributed by atoms with Crippen LogP contribution in [0.15, 0.2) is 36.4 Å². The standard InChI is InChI=1S/C14H10F4O2/c15-13(16)12(7-19)10-2-1-9-6-11(20-14(17)18)4-3-8(9)5-10/h1-7,12-14H. The van der Waals surface area contributed by atoms with E-state index in [1.807, 2.05) is 0 Å². The van der Waals surface area contributed by atoms with Crippen molar-refractivity contribution in [2.24, 2.45) is 0 Å². The van der Waals surface area contributed by atoms with Crippen LogP contribution in [0.4, 0.5) is 17.6 Å². The fourth-order valence-electron chi connectivity index (χ4n) is 1.91. The van der Waals surface area contributed by atoms with Crippen molar-refractivity contribution in [2.45, 2.75) is 19.0 Å². The molecule has 0 aliphatic carbocycles. The van der Waals surface area contributed by atoms with Crippen LogP contribution in [-0.4, -0.2) is 19.3 Å². The van der Waals surface area contributed by atoms with E-state index in [1.165, 1.54) is 36.4 Å². The molecule has 0 spiro atoms. The van der Waals surface area contributed by atoms with E-state index < -0.39 is 19.0 Å². The number of carbonyl (C=O) groups is 1. The minimum absolute atomic E-state index is 0.0129. The highest BCUT2D eigenvalue weighted by Crippen LogP contribution is 2.27. The zero-order valence-corrected chi connectivity index (χ0v) is 10.1. The quantitative estimate of drug-likeness (QED) is 0.613. The van der Waals surface area contributed by atoms with Gasteiger partial charge in [0, 0.05) is 0 Å². The molecule has 0 fully saturated rings. The predicted octanol–water partition coefficient (Wildman–Crippen LogP) is 3.99. The zero-order valence-electron chi connectivity index (χ0n) is 10.1. The lowest BCUT2D eigenvalue weighted by Gasteiger charge is -2.11. The molecule has 0 amide bonds. The largest absolute Gasteiger partial charge is 0.435 e. The van der Waals surface area contributed by atoms with Crippen molar-refractivity contribution < 1.29 is 27.1 Å². The van der Waals surface area contributed by atoms with Crippen LogP contribution < -0.4 is 4.74 Å². The van der Waals surface area contributed by atoms with Crippen LogP contribution in [0.3, 0.4) is 0 Å². The second kappa shape index (κ2) is 5.90. The van der Waals surface area contributed by atoms with E-state index in [0.29, 0.717) is 10.8 Å². The molecule has 0 aromatic heterocycles. The summed E-state index contributed by atoms with van der Waals surface area (Å²) in [4.78, 5) is 10.7. The van der Waals surface area contributed by atoms with Crippen molar-refractivity contribution in [3.8, 4) is 5.75 Å². The van der Waals surface area contributed by atoms with Crippen LogP contribution in [-0.2, 0) is 4.79 Å². The van der Waals surface area contributed by atoms with Crippen LogP contribution in [0.2, 0.25) is 0 Å². The molecule has 0 radical (unpaired) electrons. The summed E-state index contributed by atoms with van der Waals surface area (Å²) in [5, 5.41) is 1.13. The number of benzene rings is 2. The zero-order chi connectivity index (χ0) is 14.7. The lowest BCUT2D eigenvalue weighted by Crippen LogP contribution is -2.10. The van der Waals surface area contributed by atoms with Gasteiger partial charge in [0.05, 0.1) is 0 Å². The Kier molecular flexibility index (Phi) is 4.22. The molecule has 0 aliphatic heterocycles. The Morgan fingerprint density at radius 3 is 2.20 bits per heavy atom. The lowest BCUT2D eigenvalue weighted by molar-refractivity contribution is -0.111. The summed E-state index contributed by atoms with van der Waals surface area (Å²) in [6.45, 7) is -2.93. The van der Waals surface area contributed by atoms with Gasteiger partial charge >= 0.3 is 6.61 Å². The molecule has 0 heterocycles. The van der Waals surface area contributed by atoms with Gasteiger partial charge < -0.3 is 9.53 Å². The SMILES string of the molecule is O=CC(c1ccc2cc(OC(F)F)ccc2c1)C(F)F. The second-order valence-electron chi connectivity index (χ2n) is 4.14. The molecular formula is C14H10F4O2. The van der Waals surface area contributed by atoms with E-state index in [9.17, 15) is 22.4 Å². The molecule has 2 aromatic rings. The average Bonchev–Trinajstić information content (AvgIpc) is 2.38. The monoisotopic (exact) mass is 286 g/mol. The third-order valence-electron chi connectivity index (χ3n) is 2.86. The summed E-state index contributed by atoms with van der Waals surface area (Å²) in [5.41, 5.74) is 0.185. The molecule has 0 bridgehead atoms. The molecule has 1 unspecified atom stereocenters. The Labute approximate surface area is 112 Å². The molecule has 20 heavy (non-hydrogen) atoms. The fraction of sp³-hybridized carbons (Fsp3) is 0.214. The molecular weight excluding hydrogens is 276 g/mol. The van der Waals surface area contributed by atoms with Gasteiger partial charge in [-0.25, -0.2) is 8.78 Å². The number of hydrogen-bond acceptors (Lipinski definition) is 2. The summed E-state index contributed by atoms with van der Waals surface area (Å²) in [7, 11) is 0. The van der Waals surface area contributed by atoms with Crippen LogP contribution in [0, 0.1) is 0 Å². The Balaban J connectivity index is 2.38. The maximum absolute atomic E-state index is 12.7. The Morgan fingerprint density at radius 1 is 0.950 bits per heavy atom. The number of hydrogen-bond donors (Lipinski definition) is 0. The first kappa shape index (κ1) is 14.3. The number of fused-ring (bicyclic) bond motifs is 1. The van der Waals surface area contributed by atoms with Gasteiger partial charge in [-0.15, -0.1) is 0 Å². The number of carbonyl (C=O) groups excluding carboxylic acids is 1. The molecule has 2 rings (SSSR count). The van der Waals surface area contributed by atoms with Crippen LogP contribution in [0.5, 0.6) is 5.75 Å². The van der Waals surface area contributed by atoms with E-state index in [4.69, 9.17) is 0 Å². The lowest BCUT2D eigenvalue weighted by atomic mass is 9.97. The highest BCUT2D eigenvalue weighted by atomic mass is 19.3. The van der Waals surface area contributed by atoms with Gasteiger partial charge in [-0.2, -0.15) is 8.78 Å². The molecule has 0 N–H and O–H groups in total. The predicted molar refractivity (Wildman–Crippen MR) is 65.4 cm³/mol. The number of aldehydes is 1. The molecule has 0 saturated heterocycles. The summed E-state index contributed by atoms with van der Waals surface area (Å²) >= 11 is 0. The Bertz CT molecular complexity index is 613. The van der Waals surface area contributed by atoms with Gasteiger partial charge in [-0.3, -0.25) is 0 Å². The number of rotatable bonds is 5. The Morgan fingerprint density at radius 2 is 1.60 bits per heavy atom. The highest BCUT2D eigenvalue weighted by Gasteiger charge is 2.21. The summed E-state index contributed by atoms with van der Waals surface area (Å²) in [6, 6.07) is 8.47. The second-order valence-corrected chi connectivity index (χ2v) is 4.14. The Hall–Kier alpha value is -2.11. The molecule has 0 aliphatic rings. The highest BCUT2D eigenvalue weighted by molar-refractivity contribution is 5.85. The third-order valence-corrected chi connectivity index (χ3v) is 2.86. The van der Waals surface area contributed by atoms with E-state index in [2.05, 4.69) is 4.74 Å². The summed E-state index contributed by atoms with van der Waals surface area (Å²) < 4.78 is 53.7. The van der Waals surface area contributed by atoms with Crippen molar-refractivity contribution in [2.75, 3.05) is 0 Å². The summed E-state index contributed by atoms with van der Waals surface area (Å²) in [6.07, 6.45) is -2.59. The molecule has 0 saturated carbocycles. The van der Waals surface area contributed by atoms with E-state index in [-0.39, 0.29) is 17.6 Å². The maximum atomic E-state index is 12.7. The van der Waals surface area contributed by atoms with Gasteiger partial charge in [0.15, 0.2) is 0 Å². The van der Waals surface area contributed by atoms with E-state index >= 15 is 0 Å². The van der Waals surface area contributed by atoms with E-state index in [0.717, 1.165) is 0 Å². The average molecular weight is 286 g/mol. The smallest absolute Gasteiger partial charge is 0.387 e. The first-order chi connectivity index (χ1) is 9.51. The summed E-state index contributed by atoms with van der Waals surface area (Å²) in [5.74, 6) is -1.50. The minimum Gasteiger partial charge on any atom is -0.435 e. The van der Waals surface area contributed by atoms with Crippen molar-refractivity contribution in [1.82, 2.24) is 0 Å². The van der Waals surface area contributed by atoms with Gasteiger partial charge in [-0.1, -0.05) is 24.3 Å². The molecule has 6 heteroatoms. The van der Waals surface area contributed by atoms with Crippen LogP contribution in [0.25, 0.3) is 10.8 Å². The minimum atomic E-state index is -2.93. The van der Waals surface area contributed by atoms with Crippen LogP contribution in [0.1, 0.15) is 11.5 Å². The van der Waals surface area contributed by atoms with Crippen molar-refractivity contribution >= 4 is 17.1 Å². The molecule has 106 valence electrons. The van der Waals surface area contributed by atoms with Gasteiger partial charge in [0.25, 0.3) is 6.43 Å². The van der Waals surface area contributed by atoms with Crippen molar-refractivity contribution in [3.05, 3.63) is 42.0 Å². The number of ether oxygens (including phenoxy) is 1. The number of halogens is 4. The molecule has 2 aromatic carbocycles. The maximum Gasteiger partial charge on any atom is 0.387 e. The normalized spacial score (nSPS) is 12.9. The van der Waals surface area contributed by atoms with Crippen LogP contribution >= 0.6 is 0 Å². The fourth-order valence-corrected chi connectivity index (χ4v) is 1.91. The van der Waals surface area contributed by atoms with Gasteiger partial charge in [-0.05, 0) is 28.5 Å².